The number of hydrogen-bond donors (Lipinski definition) is 1. The van der Waals surface area contributed by atoms with Crippen LogP contribution in [0.25, 0.3) is 0 Å². The maximum Gasteiger partial charge on any atom is 0.289 e. The second kappa shape index (κ2) is 10.6. The fraction of sp³-hybridized carbons (Fsp3) is 0.455. The van der Waals surface area contributed by atoms with Crippen molar-refractivity contribution in [2.45, 2.75) is 4.90 Å². The summed E-state index contributed by atoms with van der Waals surface area (Å²) in [7, 11) is -2.26. The average molecular weight is 493 g/mol. The molecule has 0 saturated carbocycles. The van der Waals surface area contributed by atoms with Crippen LogP contribution in [-0.4, -0.2) is 100 Å². The minimum absolute atomic E-state index is 0.0792. The first-order chi connectivity index (χ1) is 16.4. The zero-order valence-electron chi connectivity index (χ0n) is 18.9. The van der Waals surface area contributed by atoms with E-state index in [1.165, 1.54) is 35.9 Å². The molecule has 1 aromatic heterocycles. The number of amides is 2. The molecule has 0 spiro atoms. The van der Waals surface area contributed by atoms with E-state index >= 15 is 0 Å². The zero-order chi connectivity index (χ0) is 24.1. The highest BCUT2D eigenvalue weighted by Gasteiger charge is 2.28. The Morgan fingerprint density at radius 2 is 1.79 bits per heavy atom. The van der Waals surface area contributed by atoms with Gasteiger partial charge in [0.2, 0.25) is 15.9 Å². The summed E-state index contributed by atoms with van der Waals surface area (Å²) in [5, 5.41) is 2.77. The number of benzene rings is 1. The molecule has 2 fully saturated rings. The number of piperazine rings is 1. The molecule has 2 aromatic rings. The van der Waals surface area contributed by atoms with Crippen molar-refractivity contribution in [3.05, 3.63) is 42.4 Å². The normalized spacial score (nSPS) is 18.0. The SMILES string of the molecule is COc1ccc(S(=O)(=O)N2CCOCC2)cc1NC(=O)CN1CCN(C(=O)c2ccco2)CC1. The van der Waals surface area contributed by atoms with Gasteiger partial charge in [0.25, 0.3) is 5.91 Å². The van der Waals surface area contributed by atoms with Gasteiger partial charge in [-0.15, -0.1) is 0 Å². The summed E-state index contributed by atoms with van der Waals surface area (Å²) in [6, 6.07) is 7.71. The van der Waals surface area contributed by atoms with Crippen LogP contribution < -0.4 is 10.1 Å². The molecule has 0 aliphatic carbocycles. The third-order valence-electron chi connectivity index (χ3n) is 5.81. The number of anilines is 1. The molecular formula is C22H28N4O7S. The van der Waals surface area contributed by atoms with Gasteiger partial charge in [-0.1, -0.05) is 0 Å². The number of ether oxygens (including phenoxy) is 2. The van der Waals surface area contributed by atoms with E-state index in [9.17, 15) is 18.0 Å². The fourth-order valence-electron chi connectivity index (χ4n) is 3.94. The van der Waals surface area contributed by atoms with Gasteiger partial charge in [0, 0.05) is 39.3 Å². The number of carbonyl (C=O) groups excluding carboxylic acids is 2. The van der Waals surface area contributed by atoms with Crippen LogP contribution in [-0.2, 0) is 19.6 Å². The van der Waals surface area contributed by atoms with Crippen molar-refractivity contribution in [1.29, 1.82) is 0 Å². The summed E-state index contributed by atoms with van der Waals surface area (Å²) in [5.74, 6) is 0.190. The highest BCUT2D eigenvalue weighted by Crippen LogP contribution is 2.29. The van der Waals surface area contributed by atoms with Crippen LogP contribution in [0.2, 0.25) is 0 Å². The van der Waals surface area contributed by atoms with Gasteiger partial charge in [-0.05, 0) is 30.3 Å². The Kier molecular flexibility index (Phi) is 7.51. The van der Waals surface area contributed by atoms with E-state index in [1.54, 1.807) is 17.0 Å². The molecule has 0 bridgehead atoms. The van der Waals surface area contributed by atoms with Crippen molar-refractivity contribution in [3.8, 4) is 5.75 Å². The van der Waals surface area contributed by atoms with Crippen LogP contribution >= 0.6 is 0 Å². The molecule has 184 valence electrons. The fourth-order valence-corrected chi connectivity index (χ4v) is 5.37. The average Bonchev–Trinajstić information content (AvgIpc) is 3.39. The van der Waals surface area contributed by atoms with Gasteiger partial charge in [0.1, 0.15) is 5.75 Å². The largest absolute Gasteiger partial charge is 0.495 e. The Morgan fingerprint density at radius 3 is 2.44 bits per heavy atom. The molecule has 0 unspecified atom stereocenters. The number of nitrogens with one attached hydrogen (secondary N) is 1. The third kappa shape index (κ3) is 5.41. The molecule has 0 radical (unpaired) electrons. The van der Waals surface area contributed by atoms with Crippen LogP contribution in [0.3, 0.4) is 0 Å². The number of nitrogens with zero attached hydrogens (tertiary/aromatic N) is 3. The molecule has 34 heavy (non-hydrogen) atoms. The Balaban J connectivity index is 1.37. The number of furan rings is 1. The first-order valence-electron chi connectivity index (χ1n) is 11.0. The number of carbonyl (C=O) groups is 2. The molecule has 4 rings (SSSR count). The lowest BCUT2D eigenvalue weighted by Crippen LogP contribution is -2.50. The topological polar surface area (TPSA) is 122 Å². The molecule has 2 amide bonds. The number of methoxy groups -OCH3 is 1. The smallest absolute Gasteiger partial charge is 0.289 e. The standard InChI is InChI=1S/C22H28N4O7S/c1-31-19-5-4-17(34(29,30)26-10-13-32-14-11-26)15-18(19)23-21(27)16-24-6-8-25(9-7-24)22(28)20-3-2-12-33-20/h2-5,12,15H,6-11,13-14,16H2,1H3,(H,23,27). The molecule has 3 heterocycles. The molecule has 12 heteroatoms. The Bertz CT molecular complexity index is 1110. The van der Waals surface area contributed by atoms with E-state index in [2.05, 4.69) is 5.32 Å². The second-order valence-corrected chi connectivity index (χ2v) is 9.91. The van der Waals surface area contributed by atoms with Gasteiger partial charge >= 0.3 is 0 Å². The lowest BCUT2D eigenvalue weighted by molar-refractivity contribution is -0.117. The molecular weight excluding hydrogens is 464 g/mol. The molecule has 1 aromatic carbocycles. The van der Waals surface area contributed by atoms with Gasteiger partial charge in [-0.2, -0.15) is 4.31 Å². The van der Waals surface area contributed by atoms with E-state index in [-0.39, 0.29) is 42.0 Å². The van der Waals surface area contributed by atoms with Crippen LogP contribution in [0.1, 0.15) is 10.6 Å². The summed E-state index contributed by atoms with van der Waals surface area (Å²) in [4.78, 5) is 28.8. The Hall–Kier alpha value is -2.93. The number of rotatable bonds is 7. The molecule has 2 aliphatic rings. The van der Waals surface area contributed by atoms with Crippen LogP contribution in [0.4, 0.5) is 5.69 Å². The van der Waals surface area contributed by atoms with Crippen molar-refractivity contribution in [3.63, 3.8) is 0 Å². The van der Waals surface area contributed by atoms with E-state index in [0.29, 0.717) is 50.9 Å². The summed E-state index contributed by atoms with van der Waals surface area (Å²) in [6.07, 6.45) is 1.46. The minimum Gasteiger partial charge on any atom is -0.495 e. The predicted molar refractivity (Wildman–Crippen MR) is 122 cm³/mol. The first-order valence-corrected chi connectivity index (χ1v) is 12.4. The summed E-state index contributed by atoms with van der Waals surface area (Å²) in [6.45, 7) is 3.37. The number of sulfonamides is 1. The summed E-state index contributed by atoms with van der Waals surface area (Å²) in [5.41, 5.74) is 0.286. The van der Waals surface area contributed by atoms with Crippen LogP contribution in [0.15, 0.2) is 45.9 Å². The maximum absolute atomic E-state index is 13.0. The predicted octanol–water partition coefficient (Wildman–Crippen LogP) is 0.706. The van der Waals surface area contributed by atoms with Crippen molar-refractivity contribution >= 4 is 27.5 Å². The van der Waals surface area contributed by atoms with Gasteiger partial charge < -0.3 is 24.1 Å². The Morgan fingerprint density at radius 1 is 1.06 bits per heavy atom. The molecule has 11 nitrogen and oxygen atoms in total. The highest BCUT2D eigenvalue weighted by molar-refractivity contribution is 7.89. The Labute approximate surface area is 198 Å². The summed E-state index contributed by atoms with van der Waals surface area (Å²) >= 11 is 0. The summed E-state index contributed by atoms with van der Waals surface area (Å²) < 4.78 is 43.1. The van der Waals surface area contributed by atoms with Gasteiger partial charge in [-0.3, -0.25) is 14.5 Å². The quantitative estimate of drug-likeness (QED) is 0.600. The van der Waals surface area contributed by atoms with Crippen LogP contribution in [0, 0.1) is 0 Å². The van der Waals surface area contributed by atoms with E-state index in [1.807, 2.05) is 4.90 Å². The van der Waals surface area contributed by atoms with Crippen molar-refractivity contribution in [1.82, 2.24) is 14.1 Å². The lowest BCUT2D eigenvalue weighted by Gasteiger charge is -2.33. The number of hydrogen-bond acceptors (Lipinski definition) is 8. The molecule has 2 saturated heterocycles. The van der Waals surface area contributed by atoms with E-state index < -0.39 is 10.0 Å². The van der Waals surface area contributed by atoms with Crippen molar-refractivity contribution < 1.29 is 31.9 Å². The second-order valence-electron chi connectivity index (χ2n) is 7.97. The van der Waals surface area contributed by atoms with Gasteiger partial charge in [0.15, 0.2) is 5.76 Å². The van der Waals surface area contributed by atoms with E-state index in [4.69, 9.17) is 13.9 Å². The minimum atomic E-state index is -3.71. The number of morpholine rings is 1. The first kappa shape index (κ1) is 24.2. The molecule has 1 N–H and O–H groups in total. The molecule has 2 aliphatic heterocycles. The highest BCUT2D eigenvalue weighted by atomic mass is 32.2. The van der Waals surface area contributed by atoms with Gasteiger partial charge in [0.05, 0.1) is 43.7 Å². The van der Waals surface area contributed by atoms with Crippen molar-refractivity contribution in [2.75, 3.05) is 71.5 Å². The monoisotopic (exact) mass is 492 g/mol. The zero-order valence-corrected chi connectivity index (χ0v) is 19.8. The van der Waals surface area contributed by atoms with E-state index in [0.717, 1.165) is 0 Å². The molecule has 0 atom stereocenters. The van der Waals surface area contributed by atoms with Crippen LogP contribution in [0.5, 0.6) is 5.75 Å². The maximum atomic E-state index is 13.0. The third-order valence-corrected chi connectivity index (χ3v) is 7.71. The van der Waals surface area contributed by atoms with Crippen molar-refractivity contribution in [2.24, 2.45) is 0 Å². The van der Waals surface area contributed by atoms with Gasteiger partial charge in [-0.25, -0.2) is 8.42 Å². The lowest BCUT2D eigenvalue weighted by atomic mass is 10.2.